The summed E-state index contributed by atoms with van der Waals surface area (Å²) in [6.07, 6.45) is 1.33. The summed E-state index contributed by atoms with van der Waals surface area (Å²) < 4.78 is 10.5. The number of carbonyl (C=O) groups is 2. The van der Waals surface area contributed by atoms with Crippen LogP contribution in [0.5, 0.6) is 5.75 Å². The molecule has 136 valence electrons. The van der Waals surface area contributed by atoms with Gasteiger partial charge in [0.05, 0.1) is 11.4 Å². The van der Waals surface area contributed by atoms with Gasteiger partial charge in [0.15, 0.2) is 0 Å². The second kappa shape index (κ2) is 6.24. The summed E-state index contributed by atoms with van der Waals surface area (Å²) in [4.78, 5) is 26.6. The lowest BCUT2D eigenvalue weighted by Gasteiger charge is -2.37. The molecular weight excluding hydrogens is 320 g/mol. The fourth-order valence-corrected chi connectivity index (χ4v) is 2.93. The molecule has 25 heavy (non-hydrogen) atoms. The van der Waals surface area contributed by atoms with Gasteiger partial charge in [0, 0.05) is 12.1 Å². The van der Waals surface area contributed by atoms with Gasteiger partial charge in [0.25, 0.3) is 0 Å². The molecule has 1 unspecified atom stereocenters. The van der Waals surface area contributed by atoms with Crippen molar-refractivity contribution in [3.05, 3.63) is 18.2 Å². The number of amides is 1. The number of nitrogens with zero attached hydrogens (tertiary/aromatic N) is 1. The number of anilines is 2. The number of hydrogen-bond donors (Lipinski definition) is 1. The van der Waals surface area contributed by atoms with Crippen LogP contribution in [0.4, 0.5) is 16.2 Å². The fourth-order valence-electron chi connectivity index (χ4n) is 2.93. The number of nitrogens with one attached hydrogen (secondary N) is 1. The highest BCUT2D eigenvalue weighted by molar-refractivity contribution is 6.06. The van der Waals surface area contributed by atoms with Gasteiger partial charge in [-0.05, 0) is 51.7 Å². The normalized spacial score (nSPS) is 20.2. The first-order valence-electron chi connectivity index (χ1n) is 8.80. The van der Waals surface area contributed by atoms with Gasteiger partial charge in [-0.15, -0.1) is 0 Å². The summed E-state index contributed by atoms with van der Waals surface area (Å²) in [5.74, 6) is 0.677. The minimum atomic E-state index is -0.737. The van der Waals surface area contributed by atoms with E-state index >= 15 is 0 Å². The highest BCUT2D eigenvalue weighted by Crippen LogP contribution is 2.42. The Kier molecular flexibility index (Phi) is 4.39. The molecule has 6 nitrogen and oxygen atoms in total. The van der Waals surface area contributed by atoms with Gasteiger partial charge in [-0.3, -0.25) is 4.79 Å². The van der Waals surface area contributed by atoms with Crippen molar-refractivity contribution in [2.45, 2.75) is 65.1 Å². The van der Waals surface area contributed by atoms with E-state index in [9.17, 15) is 9.59 Å². The zero-order chi connectivity index (χ0) is 18.4. The van der Waals surface area contributed by atoms with Crippen LogP contribution in [-0.4, -0.2) is 29.7 Å². The molecule has 1 saturated carbocycles. The maximum Gasteiger partial charge on any atom is 0.514 e. The first-order valence-corrected chi connectivity index (χ1v) is 8.80. The molecule has 1 aromatic carbocycles. The first kappa shape index (κ1) is 17.6. The molecule has 1 aromatic rings. The molecule has 2 aliphatic rings. The van der Waals surface area contributed by atoms with Crippen LogP contribution < -0.4 is 15.0 Å². The quantitative estimate of drug-likeness (QED) is 0.663. The Balaban J connectivity index is 1.84. The number of benzene rings is 1. The molecule has 6 heteroatoms. The van der Waals surface area contributed by atoms with E-state index in [1.165, 1.54) is 0 Å². The standard InChI is InChI=1S/C19H26N2O4/c1-11(2)16-17(22)21(12-6-7-12)15-9-8-13(10-14(15)20-16)24-18(23)25-19(3,4)5/h8-12,16,20H,6-7H2,1-5H3. The van der Waals surface area contributed by atoms with Gasteiger partial charge >= 0.3 is 6.16 Å². The van der Waals surface area contributed by atoms with Crippen LogP contribution >= 0.6 is 0 Å². The summed E-state index contributed by atoms with van der Waals surface area (Å²) in [7, 11) is 0. The number of rotatable bonds is 3. The molecule has 1 N–H and O–H groups in total. The lowest BCUT2D eigenvalue weighted by atomic mass is 9.98. The monoisotopic (exact) mass is 346 g/mol. The van der Waals surface area contributed by atoms with Crippen LogP contribution in [0.15, 0.2) is 18.2 Å². The van der Waals surface area contributed by atoms with Gasteiger partial charge in [-0.2, -0.15) is 0 Å². The molecule has 1 fully saturated rings. The predicted molar refractivity (Wildman–Crippen MR) is 96.1 cm³/mol. The van der Waals surface area contributed by atoms with E-state index in [1.807, 2.05) is 24.8 Å². The average Bonchev–Trinajstić information content (AvgIpc) is 3.29. The van der Waals surface area contributed by atoms with E-state index in [2.05, 4.69) is 5.32 Å². The SMILES string of the molecule is CC(C)C1Nc2cc(OC(=O)OC(C)(C)C)ccc2N(C2CC2)C1=O. The van der Waals surface area contributed by atoms with Gasteiger partial charge in [0.2, 0.25) is 5.91 Å². The third kappa shape index (κ3) is 3.89. The highest BCUT2D eigenvalue weighted by Gasteiger charge is 2.42. The molecule has 1 aliphatic carbocycles. The highest BCUT2D eigenvalue weighted by atomic mass is 16.7. The molecule has 1 atom stereocenters. The maximum atomic E-state index is 12.8. The van der Waals surface area contributed by atoms with E-state index in [4.69, 9.17) is 9.47 Å². The van der Waals surface area contributed by atoms with Crippen molar-refractivity contribution in [3.63, 3.8) is 0 Å². The molecule has 0 spiro atoms. The summed E-state index contributed by atoms with van der Waals surface area (Å²) in [6, 6.07) is 5.30. The Bertz CT molecular complexity index is 689. The summed E-state index contributed by atoms with van der Waals surface area (Å²) >= 11 is 0. The number of hydrogen-bond acceptors (Lipinski definition) is 5. The topological polar surface area (TPSA) is 67.9 Å². The molecular formula is C19H26N2O4. The fraction of sp³-hybridized carbons (Fsp3) is 0.579. The molecule has 0 bridgehead atoms. The van der Waals surface area contributed by atoms with Crippen molar-refractivity contribution in [1.29, 1.82) is 0 Å². The van der Waals surface area contributed by atoms with Crippen LogP contribution in [0.2, 0.25) is 0 Å². The molecule has 1 aliphatic heterocycles. The van der Waals surface area contributed by atoms with Gasteiger partial charge in [0.1, 0.15) is 17.4 Å². The van der Waals surface area contributed by atoms with Crippen LogP contribution in [0.1, 0.15) is 47.5 Å². The molecule has 0 saturated heterocycles. The van der Waals surface area contributed by atoms with E-state index < -0.39 is 11.8 Å². The largest absolute Gasteiger partial charge is 0.514 e. The summed E-state index contributed by atoms with van der Waals surface area (Å²) in [5, 5.41) is 3.30. The van der Waals surface area contributed by atoms with E-state index in [-0.39, 0.29) is 23.9 Å². The molecule has 3 rings (SSSR count). The van der Waals surface area contributed by atoms with Crippen LogP contribution in [-0.2, 0) is 9.53 Å². The van der Waals surface area contributed by atoms with Crippen LogP contribution in [0.25, 0.3) is 0 Å². The van der Waals surface area contributed by atoms with Gasteiger partial charge in [-0.1, -0.05) is 13.8 Å². The van der Waals surface area contributed by atoms with Gasteiger partial charge < -0.3 is 19.7 Å². The minimum Gasteiger partial charge on any atom is -0.428 e. The minimum absolute atomic E-state index is 0.116. The van der Waals surface area contributed by atoms with Crippen LogP contribution in [0, 0.1) is 5.92 Å². The lowest BCUT2D eigenvalue weighted by molar-refractivity contribution is -0.120. The van der Waals surface area contributed by atoms with Crippen LogP contribution in [0.3, 0.4) is 0 Å². The Morgan fingerprint density at radius 1 is 1.28 bits per heavy atom. The molecule has 1 heterocycles. The molecule has 0 aromatic heterocycles. The summed E-state index contributed by atoms with van der Waals surface area (Å²) in [5.41, 5.74) is 1.05. The van der Waals surface area contributed by atoms with Crippen molar-refractivity contribution < 1.29 is 19.1 Å². The second-order valence-corrected chi connectivity index (χ2v) is 8.05. The van der Waals surface area contributed by atoms with Crippen molar-refractivity contribution in [2.75, 3.05) is 10.2 Å². The van der Waals surface area contributed by atoms with E-state index in [1.54, 1.807) is 32.9 Å². The Hall–Kier alpha value is -2.24. The maximum absolute atomic E-state index is 12.8. The third-order valence-electron chi connectivity index (χ3n) is 4.21. The van der Waals surface area contributed by atoms with Crippen molar-refractivity contribution in [1.82, 2.24) is 0 Å². The second-order valence-electron chi connectivity index (χ2n) is 8.05. The zero-order valence-corrected chi connectivity index (χ0v) is 15.5. The molecule has 0 radical (unpaired) electrons. The van der Waals surface area contributed by atoms with E-state index in [0.717, 1.165) is 24.2 Å². The summed E-state index contributed by atoms with van der Waals surface area (Å²) in [6.45, 7) is 9.40. The molecule has 1 amide bonds. The number of carbonyl (C=O) groups excluding carboxylic acids is 2. The smallest absolute Gasteiger partial charge is 0.428 e. The Labute approximate surface area is 148 Å². The first-order chi connectivity index (χ1) is 11.7. The van der Waals surface area contributed by atoms with Gasteiger partial charge in [-0.25, -0.2) is 4.79 Å². The zero-order valence-electron chi connectivity index (χ0n) is 15.5. The third-order valence-corrected chi connectivity index (χ3v) is 4.21. The average molecular weight is 346 g/mol. The Morgan fingerprint density at radius 3 is 2.52 bits per heavy atom. The Morgan fingerprint density at radius 2 is 1.96 bits per heavy atom. The van der Waals surface area contributed by atoms with Crippen molar-refractivity contribution in [2.24, 2.45) is 5.92 Å². The lowest BCUT2D eigenvalue weighted by Crippen LogP contribution is -2.50. The number of fused-ring (bicyclic) bond motifs is 1. The van der Waals surface area contributed by atoms with Crippen molar-refractivity contribution in [3.8, 4) is 5.75 Å². The van der Waals surface area contributed by atoms with E-state index in [0.29, 0.717) is 5.75 Å². The predicted octanol–water partition coefficient (Wildman–Crippen LogP) is 3.95. The van der Waals surface area contributed by atoms with Crippen molar-refractivity contribution >= 4 is 23.4 Å². The number of ether oxygens (including phenoxy) is 2.